The number of anilines is 1. The molecule has 2 saturated heterocycles. The minimum Gasteiger partial charge on any atom is -0.495 e. The molecule has 0 aliphatic carbocycles. The van der Waals surface area contributed by atoms with Gasteiger partial charge in [-0.15, -0.1) is 0 Å². The molecule has 2 fully saturated rings. The van der Waals surface area contributed by atoms with Gasteiger partial charge in [-0.2, -0.15) is 0 Å². The van der Waals surface area contributed by atoms with Gasteiger partial charge in [0.1, 0.15) is 24.1 Å². The second-order valence-electron chi connectivity index (χ2n) is 9.06. The smallest absolute Gasteiger partial charge is 0.254 e. The van der Waals surface area contributed by atoms with Gasteiger partial charge in [0.15, 0.2) is 0 Å². The molecule has 0 saturated carbocycles. The zero-order valence-electron chi connectivity index (χ0n) is 20.0. The number of hydrogen-bond acceptors (Lipinski definition) is 5. The third-order valence-corrected chi connectivity index (χ3v) is 6.86. The number of piperazine rings is 1. The van der Waals surface area contributed by atoms with E-state index in [1.165, 1.54) is 7.11 Å². The van der Waals surface area contributed by atoms with Crippen molar-refractivity contribution in [2.75, 3.05) is 44.7 Å². The van der Waals surface area contributed by atoms with Crippen LogP contribution in [0.3, 0.4) is 0 Å². The molecule has 8 heteroatoms. The summed E-state index contributed by atoms with van der Waals surface area (Å²) in [5.74, 6) is 0.996. The topological polar surface area (TPSA) is 62.3 Å². The first-order valence-electron chi connectivity index (χ1n) is 11.8. The van der Waals surface area contributed by atoms with Gasteiger partial charge in [0, 0.05) is 43.5 Å². The monoisotopic (exact) mass is 485 g/mol. The minimum atomic E-state index is -0.218. The maximum absolute atomic E-state index is 12.9. The summed E-state index contributed by atoms with van der Waals surface area (Å²) in [5.41, 5.74) is 1.25. The second kappa shape index (κ2) is 10.7. The van der Waals surface area contributed by atoms with Gasteiger partial charge in [-0.05, 0) is 69.2 Å². The van der Waals surface area contributed by atoms with E-state index >= 15 is 0 Å². The highest BCUT2D eigenvalue weighted by Gasteiger charge is 2.29. The van der Waals surface area contributed by atoms with Crippen LogP contribution in [0.5, 0.6) is 11.5 Å². The van der Waals surface area contributed by atoms with Crippen LogP contribution in [0.15, 0.2) is 42.5 Å². The number of hydrogen-bond donors (Lipinski definition) is 0. The minimum absolute atomic E-state index is 0.0230. The summed E-state index contributed by atoms with van der Waals surface area (Å²) in [6, 6.07) is 13.1. The molecule has 0 aromatic heterocycles. The lowest BCUT2D eigenvalue weighted by Crippen LogP contribution is -2.52. The van der Waals surface area contributed by atoms with Crippen LogP contribution in [-0.2, 0) is 4.79 Å². The lowest BCUT2D eigenvalue weighted by Gasteiger charge is -2.35. The lowest BCUT2D eigenvalue weighted by molar-refractivity contribution is -0.120. The Morgan fingerprint density at radius 3 is 2.32 bits per heavy atom. The summed E-state index contributed by atoms with van der Waals surface area (Å²) in [6.45, 7) is 7.47. The molecule has 4 rings (SSSR count). The molecule has 182 valence electrons. The number of benzene rings is 2. The van der Waals surface area contributed by atoms with Gasteiger partial charge >= 0.3 is 0 Å². The molecule has 7 nitrogen and oxygen atoms in total. The molecule has 0 spiro atoms. The molecule has 0 bridgehead atoms. The Labute approximate surface area is 206 Å². The van der Waals surface area contributed by atoms with Gasteiger partial charge in [-0.3, -0.25) is 9.59 Å². The van der Waals surface area contributed by atoms with Gasteiger partial charge in [0.05, 0.1) is 12.1 Å². The number of halogens is 1. The Balaban J connectivity index is 1.32. The zero-order chi connectivity index (χ0) is 24.2. The van der Waals surface area contributed by atoms with E-state index in [4.69, 9.17) is 21.1 Å². The molecule has 0 atom stereocenters. The Bertz CT molecular complexity index is 1020. The molecule has 0 unspecified atom stereocenters. The van der Waals surface area contributed by atoms with Crippen LogP contribution in [0, 0.1) is 0 Å². The predicted molar refractivity (Wildman–Crippen MR) is 133 cm³/mol. The van der Waals surface area contributed by atoms with Crippen molar-refractivity contribution in [3.05, 3.63) is 53.1 Å². The van der Waals surface area contributed by atoms with Crippen LogP contribution in [0.25, 0.3) is 0 Å². The number of ether oxygens (including phenoxy) is 2. The normalized spacial score (nSPS) is 17.9. The molecule has 0 radical (unpaired) electrons. The third kappa shape index (κ3) is 5.47. The number of carbonyl (C=O) groups is 2. The largest absolute Gasteiger partial charge is 0.495 e. The van der Waals surface area contributed by atoms with E-state index in [1.54, 1.807) is 28.0 Å². The van der Waals surface area contributed by atoms with Crippen LogP contribution < -0.4 is 14.4 Å². The number of rotatable bonds is 6. The summed E-state index contributed by atoms with van der Waals surface area (Å²) in [5, 5.41) is 0.367. The van der Waals surface area contributed by atoms with Crippen molar-refractivity contribution in [3.8, 4) is 11.5 Å². The van der Waals surface area contributed by atoms with E-state index in [2.05, 4.69) is 18.7 Å². The van der Waals surface area contributed by atoms with Gasteiger partial charge in [-0.1, -0.05) is 11.6 Å². The Hall–Kier alpha value is -2.77. The van der Waals surface area contributed by atoms with Gasteiger partial charge in [0.2, 0.25) is 5.91 Å². The van der Waals surface area contributed by atoms with E-state index in [9.17, 15) is 9.59 Å². The highest BCUT2D eigenvalue weighted by molar-refractivity contribution is 6.32. The average molecular weight is 486 g/mol. The molecular weight excluding hydrogens is 454 g/mol. The first kappa shape index (κ1) is 24.4. The molecule has 34 heavy (non-hydrogen) atoms. The molecule has 2 aliphatic heterocycles. The summed E-state index contributed by atoms with van der Waals surface area (Å²) in [6.07, 6.45) is 2.27. The maximum atomic E-state index is 12.9. The highest BCUT2D eigenvalue weighted by atomic mass is 35.5. The number of carbonyl (C=O) groups excluding carboxylic acids is 2. The van der Waals surface area contributed by atoms with Gasteiger partial charge < -0.3 is 24.2 Å². The van der Waals surface area contributed by atoms with Crippen molar-refractivity contribution < 1.29 is 19.1 Å². The predicted octanol–water partition coefficient (Wildman–Crippen LogP) is 4.09. The van der Waals surface area contributed by atoms with Crippen molar-refractivity contribution in [1.29, 1.82) is 0 Å². The summed E-state index contributed by atoms with van der Waals surface area (Å²) in [7, 11) is 1.52. The standard InChI is InChI=1S/C26H32ClN3O4/c1-18(2)28-12-10-22(11-13-28)34-21-7-5-20(6-8-21)30-15-14-29(17-25(30)31)26(32)19-4-9-24(33-3)23(27)16-19/h4-9,16,18,22H,10-15,17H2,1-3H3. The summed E-state index contributed by atoms with van der Waals surface area (Å²) < 4.78 is 11.3. The fourth-order valence-corrected chi connectivity index (χ4v) is 4.77. The summed E-state index contributed by atoms with van der Waals surface area (Å²) in [4.78, 5) is 31.5. The quantitative estimate of drug-likeness (QED) is 0.616. The van der Waals surface area contributed by atoms with Crippen molar-refractivity contribution >= 4 is 29.1 Å². The second-order valence-corrected chi connectivity index (χ2v) is 9.47. The highest BCUT2D eigenvalue weighted by Crippen LogP contribution is 2.27. The average Bonchev–Trinajstić information content (AvgIpc) is 2.84. The van der Waals surface area contributed by atoms with Crippen LogP contribution in [0.1, 0.15) is 37.0 Å². The number of piperidine rings is 1. The molecule has 2 aromatic rings. The molecule has 2 aliphatic rings. The fourth-order valence-electron chi connectivity index (χ4n) is 4.51. The molecule has 2 amide bonds. The molecule has 2 aromatic carbocycles. The van der Waals surface area contributed by atoms with E-state index in [0.29, 0.717) is 35.5 Å². The van der Waals surface area contributed by atoms with Crippen molar-refractivity contribution in [1.82, 2.24) is 9.80 Å². The first-order chi connectivity index (χ1) is 16.4. The van der Waals surface area contributed by atoms with Crippen LogP contribution in [0.4, 0.5) is 5.69 Å². The van der Waals surface area contributed by atoms with E-state index in [1.807, 2.05) is 24.3 Å². The van der Waals surface area contributed by atoms with Crippen molar-refractivity contribution in [2.45, 2.75) is 38.8 Å². The van der Waals surface area contributed by atoms with Gasteiger partial charge in [-0.25, -0.2) is 0 Å². The van der Waals surface area contributed by atoms with Crippen molar-refractivity contribution in [3.63, 3.8) is 0 Å². The Morgan fingerprint density at radius 2 is 1.74 bits per heavy atom. The van der Waals surface area contributed by atoms with Crippen LogP contribution >= 0.6 is 11.6 Å². The van der Waals surface area contributed by atoms with Crippen LogP contribution in [0.2, 0.25) is 5.02 Å². The molecular formula is C26H32ClN3O4. The van der Waals surface area contributed by atoms with Gasteiger partial charge in [0.25, 0.3) is 5.91 Å². The first-order valence-corrected chi connectivity index (χ1v) is 12.2. The van der Waals surface area contributed by atoms with Crippen LogP contribution in [-0.4, -0.2) is 73.6 Å². The van der Waals surface area contributed by atoms with E-state index in [-0.39, 0.29) is 24.5 Å². The Kier molecular flexibility index (Phi) is 7.63. The summed E-state index contributed by atoms with van der Waals surface area (Å²) >= 11 is 6.15. The molecule has 2 heterocycles. The Morgan fingerprint density at radius 1 is 1.03 bits per heavy atom. The number of nitrogens with zero attached hydrogens (tertiary/aromatic N) is 3. The number of likely N-dealkylation sites (tertiary alicyclic amines) is 1. The maximum Gasteiger partial charge on any atom is 0.254 e. The lowest BCUT2D eigenvalue weighted by atomic mass is 10.1. The zero-order valence-corrected chi connectivity index (χ0v) is 20.8. The molecule has 0 N–H and O–H groups in total. The number of methoxy groups -OCH3 is 1. The number of amides is 2. The third-order valence-electron chi connectivity index (χ3n) is 6.56. The van der Waals surface area contributed by atoms with E-state index in [0.717, 1.165) is 37.4 Å². The SMILES string of the molecule is COc1ccc(C(=O)N2CCN(c3ccc(OC4CCN(C(C)C)CC4)cc3)C(=O)C2)cc1Cl. The van der Waals surface area contributed by atoms with Crippen molar-refractivity contribution in [2.24, 2.45) is 0 Å². The fraction of sp³-hybridized carbons (Fsp3) is 0.462. The van der Waals surface area contributed by atoms with E-state index < -0.39 is 0 Å².